The Morgan fingerprint density at radius 2 is 1.75 bits per heavy atom. The molecule has 0 spiro atoms. The molecule has 0 saturated carbocycles. The van der Waals surface area contributed by atoms with Gasteiger partial charge in [-0.15, -0.1) is 24.0 Å². The van der Waals surface area contributed by atoms with Crippen molar-refractivity contribution in [2.24, 2.45) is 4.99 Å². The molecule has 3 aromatic rings. The van der Waals surface area contributed by atoms with Crippen molar-refractivity contribution in [2.75, 3.05) is 12.4 Å². The van der Waals surface area contributed by atoms with E-state index in [1.54, 1.807) is 49.5 Å². The number of amides is 1. The van der Waals surface area contributed by atoms with Gasteiger partial charge in [0.1, 0.15) is 5.75 Å². The minimum atomic E-state index is -2.88. The number of halogens is 3. The summed E-state index contributed by atoms with van der Waals surface area (Å²) in [5.74, 6) is 0.535. The summed E-state index contributed by atoms with van der Waals surface area (Å²) in [6.45, 7) is -2.15. The van der Waals surface area contributed by atoms with Crippen molar-refractivity contribution in [3.05, 3.63) is 83.8 Å². The van der Waals surface area contributed by atoms with Crippen molar-refractivity contribution >= 4 is 41.5 Å². The number of rotatable bonds is 8. The summed E-state index contributed by atoms with van der Waals surface area (Å²) in [6, 6.07) is 17.1. The molecule has 0 fully saturated rings. The van der Waals surface area contributed by atoms with Crippen LogP contribution < -0.4 is 20.7 Å². The molecule has 32 heavy (non-hydrogen) atoms. The first-order valence-corrected chi connectivity index (χ1v) is 9.46. The molecule has 1 amide bonds. The lowest BCUT2D eigenvalue weighted by Gasteiger charge is -2.14. The first-order valence-electron chi connectivity index (χ1n) is 9.46. The second-order valence-corrected chi connectivity index (χ2v) is 6.39. The van der Waals surface area contributed by atoms with Crippen LogP contribution in [-0.4, -0.2) is 25.5 Å². The van der Waals surface area contributed by atoms with E-state index in [4.69, 9.17) is 4.42 Å². The normalized spacial score (nSPS) is 10.9. The van der Waals surface area contributed by atoms with Gasteiger partial charge in [-0.1, -0.05) is 30.3 Å². The Balaban J connectivity index is 0.00000363. The van der Waals surface area contributed by atoms with Crippen LogP contribution in [0.4, 0.5) is 14.5 Å². The van der Waals surface area contributed by atoms with Gasteiger partial charge in [0, 0.05) is 31.4 Å². The number of hydrogen-bond donors (Lipinski definition) is 3. The van der Waals surface area contributed by atoms with Crippen LogP contribution in [0, 0.1) is 0 Å². The van der Waals surface area contributed by atoms with E-state index < -0.39 is 6.61 Å². The standard InChI is InChI=1S/C22H22F2N4O3.HI/c1-25-22(27-14-16-5-2-3-6-18(16)31-21(23)24)26-13-15-8-10-17(11-9-15)28-20(29)19-7-4-12-30-19;/h2-12,21H,13-14H2,1H3,(H,28,29)(H2,25,26,27);1H. The Bertz CT molecular complexity index is 1010. The third kappa shape index (κ3) is 7.52. The monoisotopic (exact) mass is 556 g/mol. The maximum Gasteiger partial charge on any atom is 0.387 e. The fourth-order valence-electron chi connectivity index (χ4n) is 2.75. The molecular formula is C22H23F2IN4O3. The molecule has 0 radical (unpaired) electrons. The molecule has 3 N–H and O–H groups in total. The van der Waals surface area contributed by atoms with Gasteiger partial charge < -0.3 is 25.1 Å². The van der Waals surface area contributed by atoms with Crippen LogP contribution in [0.2, 0.25) is 0 Å². The summed E-state index contributed by atoms with van der Waals surface area (Å²) < 4.78 is 34.7. The molecule has 170 valence electrons. The Labute approximate surface area is 201 Å². The number of furan rings is 1. The Hall–Kier alpha value is -3.15. The number of carbonyl (C=O) groups excluding carboxylic acids is 1. The number of ether oxygens (including phenoxy) is 1. The molecule has 0 aliphatic carbocycles. The fourth-order valence-corrected chi connectivity index (χ4v) is 2.75. The molecule has 10 heteroatoms. The third-order valence-electron chi connectivity index (χ3n) is 4.28. The first kappa shape index (κ1) is 25.1. The number of nitrogens with one attached hydrogen (secondary N) is 3. The highest BCUT2D eigenvalue weighted by Gasteiger charge is 2.10. The van der Waals surface area contributed by atoms with Gasteiger partial charge in [-0.05, 0) is 35.9 Å². The topological polar surface area (TPSA) is 87.9 Å². The predicted octanol–water partition coefficient (Wildman–Crippen LogP) is 4.62. The molecule has 0 aliphatic heterocycles. The molecule has 7 nitrogen and oxygen atoms in total. The van der Waals surface area contributed by atoms with E-state index >= 15 is 0 Å². The van der Waals surface area contributed by atoms with Crippen LogP contribution in [0.5, 0.6) is 5.75 Å². The average Bonchev–Trinajstić information content (AvgIpc) is 3.31. The number of benzene rings is 2. The lowest BCUT2D eigenvalue weighted by Crippen LogP contribution is -2.36. The first-order chi connectivity index (χ1) is 15.0. The van der Waals surface area contributed by atoms with E-state index in [0.717, 1.165) is 5.56 Å². The van der Waals surface area contributed by atoms with Crippen LogP contribution in [0.15, 0.2) is 76.3 Å². The molecule has 0 aliphatic rings. The van der Waals surface area contributed by atoms with Crippen LogP contribution in [0.25, 0.3) is 0 Å². The third-order valence-corrected chi connectivity index (χ3v) is 4.28. The van der Waals surface area contributed by atoms with Gasteiger partial charge in [0.15, 0.2) is 11.7 Å². The maximum absolute atomic E-state index is 12.5. The number of aliphatic imine (C=N–C) groups is 1. The molecule has 0 saturated heterocycles. The number of anilines is 1. The molecular weight excluding hydrogens is 533 g/mol. The maximum atomic E-state index is 12.5. The molecule has 0 bridgehead atoms. The number of alkyl halides is 2. The molecule has 3 rings (SSSR count). The van der Waals surface area contributed by atoms with Gasteiger partial charge in [0.25, 0.3) is 5.91 Å². The van der Waals surface area contributed by atoms with Crippen LogP contribution in [-0.2, 0) is 13.1 Å². The van der Waals surface area contributed by atoms with E-state index in [9.17, 15) is 13.6 Å². The highest BCUT2D eigenvalue weighted by Crippen LogP contribution is 2.20. The Morgan fingerprint density at radius 1 is 1.03 bits per heavy atom. The zero-order chi connectivity index (χ0) is 22.1. The largest absolute Gasteiger partial charge is 0.459 e. The molecule has 1 heterocycles. The van der Waals surface area contributed by atoms with E-state index in [-0.39, 0.29) is 47.9 Å². The SMILES string of the molecule is CN=C(NCc1ccc(NC(=O)c2ccco2)cc1)NCc1ccccc1OC(F)F.I. The van der Waals surface area contributed by atoms with Crippen LogP contribution in [0.3, 0.4) is 0 Å². The predicted molar refractivity (Wildman–Crippen MR) is 129 cm³/mol. The highest BCUT2D eigenvalue weighted by atomic mass is 127. The second-order valence-electron chi connectivity index (χ2n) is 6.39. The fraction of sp³-hybridized carbons (Fsp3) is 0.182. The van der Waals surface area contributed by atoms with Gasteiger partial charge in [0.05, 0.1) is 6.26 Å². The highest BCUT2D eigenvalue weighted by molar-refractivity contribution is 14.0. The number of para-hydroxylation sites is 1. The minimum Gasteiger partial charge on any atom is -0.459 e. The number of guanidine groups is 1. The van der Waals surface area contributed by atoms with Crippen molar-refractivity contribution in [1.29, 1.82) is 0 Å². The van der Waals surface area contributed by atoms with E-state index in [1.807, 2.05) is 12.1 Å². The van der Waals surface area contributed by atoms with Crippen molar-refractivity contribution in [1.82, 2.24) is 10.6 Å². The van der Waals surface area contributed by atoms with Crippen molar-refractivity contribution in [3.63, 3.8) is 0 Å². The van der Waals surface area contributed by atoms with Crippen LogP contribution in [0.1, 0.15) is 21.7 Å². The summed E-state index contributed by atoms with van der Waals surface area (Å²) in [4.78, 5) is 16.1. The van der Waals surface area contributed by atoms with Crippen molar-refractivity contribution < 1.29 is 22.7 Å². The Morgan fingerprint density at radius 3 is 2.41 bits per heavy atom. The summed E-state index contributed by atoms with van der Waals surface area (Å²) in [6.07, 6.45) is 1.44. The minimum absolute atomic E-state index is 0. The zero-order valence-corrected chi connectivity index (χ0v) is 19.5. The van der Waals surface area contributed by atoms with Gasteiger partial charge in [-0.3, -0.25) is 9.79 Å². The molecule has 2 aromatic carbocycles. The number of carbonyl (C=O) groups is 1. The van der Waals surface area contributed by atoms with Crippen molar-refractivity contribution in [3.8, 4) is 5.75 Å². The van der Waals surface area contributed by atoms with Crippen LogP contribution >= 0.6 is 24.0 Å². The summed E-state index contributed by atoms with van der Waals surface area (Å²) in [7, 11) is 1.62. The molecule has 0 unspecified atom stereocenters. The lowest BCUT2D eigenvalue weighted by atomic mass is 10.2. The number of nitrogens with zero attached hydrogens (tertiary/aromatic N) is 1. The number of hydrogen-bond acceptors (Lipinski definition) is 4. The molecule has 1 aromatic heterocycles. The van der Waals surface area contributed by atoms with Gasteiger partial charge in [0.2, 0.25) is 0 Å². The average molecular weight is 556 g/mol. The van der Waals surface area contributed by atoms with Gasteiger partial charge in [-0.25, -0.2) is 0 Å². The zero-order valence-electron chi connectivity index (χ0n) is 17.2. The van der Waals surface area contributed by atoms with E-state index in [2.05, 4.69) is 25.7 Å². The van der Waals surface area contributed by atoms with E-state index in [1.165, 1.54) is 12.3 Å². The van der Waals surface area contributed by atoms with E-state index in [0.29, 0.717) is 23.8 Å². The second kappa shape index (κ2) is 12.6. The summed E-state index contributed by atoms with van der Waals surface area (Å²) in [5.41, 5.74) is 2.19. The van der Waals surface area contributed by atoms with Crippen molar-refractivity contribution in [2.45, 2.75) is 19.7 Å². The lowest BCUT2D eigenvalue weighted by molar-refractivity contribution is -0.0504. The van der Waals surface area contributed by atoms with Gasteiger partial charge in [-0.2, -0.15) is 8.78 Å². The summed E-state index contributed by atoms with van der Waals surface area (Å²) in [5, 5.41) is 8.97. The Kier molecular flexibility index (Phi) is 9.92. The van der Waals surface area contributed by atoms with Gasteiger partial charge >= 0.3 is 6.61 Å². The summed E-state index contributed by atoms with van der Waals surface area (Å²) >= 11 is 0. The molecule has 0 atom stereocenters. The smallest absolute Gasteiger partial charge is 0.387 e. The quantitative estimate of drug-likeness (QED) is 0.214.